The summed E-state index contributed by atoms with van der Waals surface area (Å²) in [5, 5.41) is 2.49. The molecule has 0 radical (unpaired) electrons. The van der Waals surface area contributed by atoms with Gasteiger partial charge in [0.15, 0.2) is 0 Å². The van der Waals surface area contributed by atoms with Crippen molar-refractivity contribution in [3.05, 3.63) is 47.7 Å². The Labute approximate surface area is 91.5 Å². The maximum absolute atomic E-state index is 6.01. The number of fused-ring (bicyclic) bond motifs is 2. The number of benzene rings is 1. The molecule has 72 valence electrons. The molecule has 0 aliphatic heterocycles. The number of pyridine rings is 2. The summed E-state index contributed by atoms with van der Waals surface area (Å²) in [6.45, 7) is 0. The highest BCUT2D eigenvalue weighted by atomic mass is 35.5. The topological polar surface area (TPSA) is 25.8 Å². The average molecular weight is 215 g/mol. The Morgan fingerprint density at radius 3 is 2.80 bits per heavy atom. The molecule has 0 atom stereocenters. The quantitative estimate of drug-likeness (QED) is 0.423. The molecule has 0 unspecified atom stereocenters. The highest BCUT2D eigenvalue weighted by Gasteiger charge is 2.02. The SMILES string of the molecule is Clc1nccc2nc3ccccc3cc12. The molecule has 15 heavy (non-hydrogen) atoms. The second-order valence-corrected chi connectivity index (χ2v) is 3.71. The summed E-state index contributed by atoms with van der Waals surface area (Å²) in [5.74, 6) is 0. The molecule has 0 N–H and O–H groups in total. The molecule has 3 heteroatoms. The minimum atomic E-state index is 0.505. The predicted octanol–water partition coefficient (Wildman–Crippen LogP) is 3.44. The Bertz CT molecular complexity index is 649. The van der Waals surface area contributed by atoms with Crippen molar-refractivity contribution in [3.63, 3.8) is 0 Å². The zero-order chi connectivity index (χ0) is 10.3. The largest absolute Gasteiger partial charge is 0.248 e. The second kappa shape index (κ2) is 3.17. The molecule has 0 amide bonds. The third-order valence-electron chi connectivity index (χ3n) is 2.40. The highest BCUT2D eigenvalue weighted by Crippen LogP contribution is 2.23. The van der Waals surface area contributed by atoms with Crippen molar-refractivity contribution in [1.82, 2.24) is 9.97 Å². The Kier molecular flexibility index (Phi) is 1.82. The van der Waals surface area contributed by atoms with E-state index < -0.39 is 0 Å². The van der Waals surface area contributed by atoms with Gasteiger partial charge >= 0.3 is 0 Å². The van der Waals surface area contributed by atoms with Crippen LogP contribution in [0.5, 0.6) is 0 Å². The van der Waals surface area contributed by atoms with Gasteiger partial charge < -0.3 is 0 Å². The van der Waals surface area contributed by atoms with Crippen LogP contribution < -0.4 is 0 Å². The van der Waals surface area contributed by atoms with E-state index >= 15 is 0 Å². The van der Waals surface area contributed by atoms with Gasteiger partial charge in [0.05, 0.1) is 11.0 Å². The fourth-order valence-corrected chi connectivity index (χ4v) is 1.87. The molecule has 2 nitrogen and oxygen atoms in total. The van der Waals surface area contributed by atoms with E-state index in [0.717, 1.165) is 21.8 Å². The van der Waals surface area contributed by atoms with Crippen LogP contribution in [0.1, 0.15) is 0 Å². The van der Waals surface area contributed by atoms with Crippen LogP contribution in [0.3, 0.4) is 0 Å². The van der Waals surface area contributed by atoms with E-state index in [2.05, 4.69) is 9.97 Å². The molecular formula is C12H7ClN2. The van der Waals surface area contributed by atoms with Gasteiger partial charge in [-0.15, -0.1) is 0 Å². The number of hydrogen-bond acceptors (Lipinski definition) is 2. The van der Waals surface area contributed by atoms with Crippen LogP contribution in [0.15, 0.2) is 42.6 Å². The zero-order valence-corrected chi connectivity index (χ0v) is 8.57. The lowest BCUT2D eigenvalue weighted by molar-refractivity contribution is 1.34. The monoisotopic (exact) mass is 214 g/mol. The molecule has 0 bridgehead atoms. The minimum Gasteiger partial charge on any atom is -0.248 e. The summed E-state index contributed by atoms with van der Waals surface area (Å²) in [6.07, 6.45) is 1.67. The van der Waals surface area contributed by atoms with E-state index in [1.807, 2.05) is 36.4 Å². The van der Waals surface area contributed by atoms with Crippen molar-refractivity contribution in [2.75, 3.05) is 0 Å². The van der Waals surface area contributed by atoms with Crippen molar-refractivity contribution < 1.29 is 0 Å². The van der Waals surface area contributed by atoms with Crippen LogP contribution >= 0.6 is 11.6 Å². The van der Waals surface area contributed by atoms with E-state index in [1.54, 1.807) is 6.20 Å². The zero-order valence-electron chi connectivity index (χ0n) is 7.81. The van der Waals surface area contributed by atoms with Crippen LogP contribution in [-0.4, -0.2) is 9.97 Å². The van der Waals surface area contributed by atoms with Gasteiger partial charge in [-0.1, -0.05) is 29.8 Å². The summed E-state index contributed by atoms with van der Waals surface area (Å²) in [4.78, 5) is 8.55. The molecule has 0 aliphatic rings. The maximum atomic E-state index is 6.01. The molecule has 2 aromatic heterocycles. The van der Waals surface area contributed by atoms with Gasteiger partial charge in [-0.25, -0.2) is 9.97 Å². The van der Waals surface area contributed by atoms with Gasteiger partial charge in [-0.3, -0.25) is 0 Å². The first-order valence-corrected chi connectivity index (χ1v) is 5.02. The maximum Gasteiger partial charge on any atom is 0.138 e. The van der Waals surface area contributed by atoms with Crippen molar-refractivity contribution >= 4 is 33.4 Å². The van der Waals surface area contributed by atoms with Gasteiger partial charge in [0.25, 0.3) is 0 Å². The smallest absolute Gasteiger partial charge is 0.138 e. The van der Waals surface area contributed by atoms with Crippen LogP contribution in [0.25, 0.3) is 21.8 Å². The third-order valence-corrected chi connectivity index (χ3v) is 2.70. The second-order valence-electron chi connectivity index (χ2n) is 3.35. The van der Waals surface area contributed by atoms with E-state index in [1.165, 1.54) is 0 Å². The molecule has 0 saturated heterocycles. The van der Waals surface area contributed by atoms with E-state index in [4.69, 9.17) is 11.6 Å². The van der Waals surface area contributed by atoms with Crippen molar-refractivity contribution in [2.24, 2.45) is 0 Å². The molecule has 3 aromatic rings. The van der Waals surface area contributed by atoms with Gasteiger partial charge in [-0.2, -0.15) is 0 Å². The Morgan fingerprint density at radius 2 is 1.87 bits per heavy atom. The van der Waals surface area contributed by atoms with E-state index in [9.17, 15) is 0 Å². The lowest BCUT2D eigenvalue weighted by atomic mass is 10.1. The molecule has 2 heterocycles. The molecule has 0 saturated carbocycles. The number of halogens is 1. The number of rotatable bonds is 0. The Hall–Kier alpha value is -1.67. The Morgan fingerprint density at radius 1 is 1.00 bits per heavy atom. The number of para-hydroxylation sites is 1. The lowest BCUT2D eigenvalue weighted by Crippen LogP contribution is -1.84. The average Bonchev–Trinajstić information content (AvgIpc) is 2.27. The third kappa shape index (κ3) is 1.34. The van der Waals surface area contributed by atoms with Crippen molar-refractivity contribution in [3.8, 4) is 0 Å². The number of aromatic nitrogens is 2. The molecule has 1 aromatic carbocycles. The summed E-state index contributed by atoms with van der Waals surface area (Å²) < 4.78 is 0. The summed E-state index contributed by atoms with van der Waals surface area (Å²) in [5.41, 5.74) is 1.86. The summed E-state index contributed by atoms with van der Waals surface area (Å²) in [7, 11) is 0. The molecule has 3 rings (SSSR count). The number of hydrogen-bond donors (Lipinski definition) is 0. The fourth-order valence-electron chi connectivity index (χ4n) is 1.67. The Balaban J connectivity index is 2.53. The van der Waals surface area contributed by atoms with Crippen molar-refractivity contribution in [1.29, 1.82) is 0 Å². The first kappa shape index (κ1) is 8.62. The molecular weight excluding hydrogens is 208 g/mol. The van der Waals surface area contributed by atoms with Crippen LogP contribution in [-0.2, 0) is 0 Å². The molecule has 0 fully saturated rings. The fraction of sp³-hybridized carbons (Fsp3) is 0. The first-order valence-electron chi connectivity index (χ1n) is 4.64. The van der Waals surface area contributed by atoms with Crippen LogP contribution in [0.4, 0.5) is 0 Å². The normalized spacial score (nSPS) is 11.0. The van der Waals surface area contributed by atoms with Crippen molar-refractivity contribution in [2.45, 2.75) is 0 Å². The standard InChI is InChI=1S/C12H7ClN2/c13-12-9-7-8-3-1-2-4-10(8)15-11(9)5-6-14-12/h1-7H. The van der Waals surface area contributed by atoms with E-state index in [-0.39, 0.29) is 0 Å². The summed E-state index contributed by atoms with van der Waals surface area (Å²) >= 11 is 6.01. The molecule has 0 aliphatic carbocycles. The highest BCUT2D eigenvalue weighted by molar-refractivity contribution is 6.34. The van der Waals surface area contributed by atoms with Crippen LogP contribution in [0.2, 0.25) is 5.15 Å². The first-order chi connectivity index (χ1) is 7.34. The minimum absolute atomic E-state index is 0.505. The van der Waals surface area contributed by atoms with Gasteiger partial charge in [0, 0.05) is 17.0 Å². The van der Waals surface area contributed by atoms with Gasteiger partial charge in [-0.05, 0) is 18.2 Å². The predicted molar refractivity (Wildman–Crippen MR) is 62.1 cm³/mol. The summed E-state index contributed by atoms with van der Waals surface area (Å²) in [6, 6.07) is 11.9. The number of nitrogens with zero attached hydrogens (tertiary/aromatic N) is 2. The van der Waals surface area contributed by atoms with Crippen LogP contribution in [0, 0.1) is 0 Å². The van der Waals surface area contributed by atoms with Gasteiger partial charge in [0.1, 0.15) is 5.15 Å². The van der Waals surface area contributed by atoms with Gasteiger partial charge in [0.2, 0.25) is 0 Å². The lowest BCUT2D eigenvalue weighted by Gasteiger charge is -2.01. The van der Waals surface area contributed by atoms with E-state index in [0.29, 0.717) is 5.15 Å². The molecule has 0 spiro atoms.